The normalized spacial score (nSPS) is 13.6. The fraction of sp³-hybridized carbons (Fsp3) is 0.818. The van der Waals surface area contributed by atoms with Crippen molar-refractivity contribution in [3.8, 4) is 0 Å². The summed E-state index contributed by atoms with van der Waals surface area (Å²) in [6.45, 7) is 4.15. The van der Waals surface area contributed by atoms with Crippen LogP contribution in [0.5, 0.6) is 0 Å². The number of rotatable bonds is 8. The van der Waals surface area contributed by atoms with Crippen LogP contribution < -0.4 is 16.8 Å². The van der Waals surface area contributed by atoms with Crippen molar-refractivity contribution >= 4 is 24.3 Å². The Kier molecular flexibility index (Phi) is 10.9. The monoisotopic (exact) mass is 281 g/mol. The quantitative estimate of drug-likeness (QED) is 0.470. The Bertz CT molecular complexity index is 262. The van der Waals surface area contributed by atoms with Crippen LogP contribution in [0.15, 0.2) is 0 Å². The van der Waals surface area contributed by atoms with Crippen LogP contribution in [-0.4, -0.2) is 35.6 Å². The minimum atomic E-state index is -1.04. The molecule has 0 aliphatic rings. The number of carbonyl (C=O) groups is 2. The van der Waals surface area contributed by atoms with Crippen molar-refractivity contribution in [2.24, 2.45) is 17.4 Å². The highest BCUT2D eigenvalue weighted by molar-refractivity contribution is 5.86. The minimum Gasteiger partial charge on any atom is -0.480 e. The van der Waals surface area contributed by atoms with Crippen molar-refractivity contribution in [2.45, 2.75) is 45.2 Å². The smallest absolute Gasteiger partial charge is 0.326 e. The Morgan fingerprint density at radius 3 is 2.22 bits per heavy atom. The zero-order valence-corrected chi connectivity index (χ0v) is 11.7. The van der Waals surface area contributed by atoms with Gasteiger partial charge < -0.3 is 21.9 Å². The number of carboxylic acid groups (broad SMARTS) is 1. The van der Waals surface area contributed by atoms with E-state index in [9.17, 15) is 9.59 Å². The van der Waals surface area contributed by atoms with Crippen LogP contribution in [0.3, 0.4) is 0 Å². The summed E-state index contributed by atoms with van der Waals surface area (Å²) in [5.41, 5.74) is 11.0. The maximum absolute atomic E-state index is 11.6. The molecule has 108 valence electrons. The molecule has 0 radical (unpaired) electrons. The van der Waals surface area contributed by atoms with Crippen LogP contribution >= 0.6 is 12.4 Å². The van der Waals surface area contributed by atoms with Crippen LogP contribution in [0.25, 0.3) is 0 Å². The molecule has 18 heavy (non-hydrogen) atoms. The van der Waals surface area contributed by atoms with Gasteiger partial charge in [-0.3, -0.25) is 4.79 Å². The second-order valence-corrected chi connectivity index (χ2v) is 4.45. The van der Waals surface area contributed by atoms with E-state index in [1.807, 2.05) is 13.8 Å². The summed E-state index contributed by atoms with van der Waals surface area (Å²) in [5, 5.41) is 11.4. The predicted octanol–water partition coefficient (Wildman–Crippen LogP) is 0.0899. The van der Waals surface area contributed by atoms with Crippen LogP contribution in [0.4, 0.5) is 0 Å². The van der Waals surface area contributed by atoms with E-state index in [1.165, 1.54) is 0 Å². The number of nitrogens with two attached hydrogens (primary N) is 2. The molecule has 0 fully saturated rings. The highest BCUT2D eigenvalue weighted by atomic mass is 35.5. The summed E-state index contributed by atoms with van der Waals surface area (Å²) in [7, 11) is 0. The molecular formula is C11H24ClN3O3. The van der Waals surface area contributed by atoms with Crippen molar-refractivity contribution in [3.05, 3.63) is 0 Å². The average Bonchev–Trinajstić information content (AvgIpc) is 2.26. The van der Waals surface area contributed by atoms with Crippen LogP contribution in [-0.2, 0) is 9.59 Å². The molecular weight excluding hydrogens is 258 g/mol. The van der Waals surface area contributed by atoms with E-state index in [2.05, 4.69) is 5.32 Å². The van der Waals surface area contributed by atoms with Gasteiger partial charge in [-0.1, -0.05) is 13.8 Å². The standard InChI is InChI=1S/C11H23N3O3.ClH/c1-7(2)9(13)10(15)14-8(11(16)17)5-3-4-6-12;/h7-9H,3-6,12-13H2,1-2H3,(H,14,15)(H,16,17);1H/t8-,9-;/m0./s1. The van der Waals surface area contributed by atoms with Crippen LogP contribution in [0.2, 0.25) is 0 Å². The SMILES string of the molecule is CC(C)[C@H](N)C(=O)N[C@@H](CCCCN)C(=O)O.Cl. The molecule has 0 rings (SSSR count). The molecule has 0 bridgehead atoms. The summed E-state index contributed by atoms with van der Waals surface area (Å²) in [6, 6.07) is -1.55. The molecule has 6 N–H and O–H groups in total. The Balaban J connectivity index is 0. The molecule has 0 aromatic heterocycles. The number of hydrogen-bond donors (Lipinski definition) is 4. The van der Waals surface area contributed by atoms with Crippen LogP contribution in [0.1, 0.15) is 33.1 Å². The van der Waals surface area contributed by atoms with Gasteiger partial charge in [0.2, 0.25) is 5.91 Å². The molecule has 0 saturated carbocycles. The molecule has 2 atom stereocenters. The molecule has 6 nitrogen and oxygen atoms in total. The molecule has 0 heterocycles. The van der Waals surface area contributed by atoms with Gasteiger partial charge >= 0.3 is 5.97 Å². The first-order chi connectivity index (χ1) is 7.90. The van der Waals surface area contributed by atoms with Crippen molar-refractivity contribution in [2.75, 3.05) is 6.54 Å². The number of carbonyl (C=O) groups excluding carboxylic acids is 1. The van der Waals surface area contributed by atoms with Gasteiger partial charge in [0, 0.05) is 0 Å². The van der Waals surface area contributed by atoms with E-state index < -0.39 is 24.0 Å². The lowest BCUT2D eigenvalue weighted by Gasteiger charge is -2.19. The molecule has 0 aromatic rings. The number of carboxylic acids is 1. The lowest BCUT2D eigenvalue weighted by molar-refractivity contribution is -0.142. The van der Waals surface area contributed by atoms with Crippen molar-refractivity contribution in [3.63, 3.8) is 0 Å². The zero-order valence-electron chi connectivity index (χ0n) is 10.9. The van der Waals surface area contributed by atoms with Gasteiger partial charge in [-0.25, -0.2) is 4.79 Å². The summed E-state index contributed by atoms with van der Waals surface area (Å²) in [6.07, 6.45) is 1.80. The van der Waals surface area contributed by atoms with E-state index in [4.69, 9.17) is 16.6 Å². The molecule has 0 aliphatic heterocycles. The number of nitrogens with one attached hydrogen (secondary N) is 1. The van der Waals surface area contributed by atoms with E-state index >= 15 is 0 Å². The van der Waals surface area contributed by atoms with Gasteiger partial charge in [-0.05, 0) is 31.7 Å². The van der Waals surface area contributed by atoms with E-state index in [0.717, 1.165) is 6.42 Å². The first-order valence-electron chi connectivity index (χ1n) is 5.89. The second-order valence-electron chi connectivity index (χ2n) is 4.45. The number of amides is 1. The topological polar surface area (TPSA) is 118 Å². The summed E-state index contributed by atoms with van der Waals surface area (Å²) in [5.74, 6) is -1.47. The van der Waals surface area contributed by atoms with Gasteiger partial charge in [0.25, 0.3) is 0 Å². The lowest BCUT2D eigenvalue weighted by atomic mass is 10.0. The number of unbranched alkanes of at least 4 members (excludes halogenated alkanes) is 1. The molecule has 0 spiro atoms. The average molecular weight is 282 g/mol. The van der Waals surface area contributed by atoms with E-state index in [0.29, 0.717) is 19.4 Å². The van der Waals surface area contributed by atoms with Crippen molar-refractivity contribution in [1.29, 1.82) is 0 Å². The summed E-state index contributed by atoms with van der Waals surface area (Å²) < 4.78 is 0. The third-order valence-electron chi connectivity index (χ3n) is 2.58. The molecule has 0 unspecified atom stereocenters. The third-order valence-corrected chi connectivity index (χ3v) is 2.58. The van der Waals surface area contributed by atoms with Gasteiger partial charge in [-0.2, -0.15) is 0 Å². The Labute approximate surface area is 114 Å². The number of halogens is 1. The fourth-order valence-electron chi connectivity index (χ4n) is 1.32. The molecule has 7 heteroatoms. The lowest BCUT2D eigenvalue weighted by Crippen LogP contribution is -2.50. The Hall–Kier alpha value is -0.850. The number of hydrogen-bond acceptors (Lipinski definition) is 4. The van der Waals surface area contributed by atoms with Crippen LogP contribution in [0, 0.1) is 5.92 Å². The zero-order chi connectivity index (χ0) is 13.4. The first-order valence-corrected chi connectivity index (χ1v) is 5.89. The summed E-state index contributed by atoms with van der Waals surface area (Å²) >= 11 is 0. The van der Waals surface area contributed by atoms with Crippen molar-refractivity contribution < 1.29 is 14.7 Å². The second kappa shape index (κ2) is 10.1. The summed E-state index contributed by atoms with van der Waals surface area (Å²) in [4.78, 5) is 22.5. The molecule has 0 aromatic carbocycles. The minimum absolute atomic E-state index is 0. The van der Waals surface area contributed by atoms with Gasteiger partial charge in [-0.15, -0.1) is 12.4 Å². The maximum Gasteiger partial charge on any atom is 0.326 e. The highest BCUT2D eigenvalue weighted by Crippen LogP contribution is 2.03. The van der Waals surface area contributed by atoms with Gasteiger partial charge in [0.1, 0.15) is 6.04 Å². The maximum atomic E-state index is 11.6. The Morgan fingerprint density at radius 2 is 1.83 bits per heavy atom. The fourth-order valence-corrected chi connectivity index (χ4v) is 1.32. The molecule has 0 saturated heterocycles. The molecule has 0 aliphatic carbocycles. The van der Waals surface area contributed by atoms with E-state index in [1.54, 1.807) is 0 Å². The number of aliphatic carboxylic acids is 1. The van der Waals surface area contributed by atoms with Crippen molar-refractivity contribution in [1.82, 2.24) is 5.32 Å². The highest BCUT2D eigenvalue weighted by Gasteiger charge is 2.24. The van der Waals surface area contributed by atoms with Gasteiger partial charge in [0.15, 0.2) is 0 Å². The largest absolute Gasteiger partial charge is 0.480 e. The van der Waals surface area contributed by atoms with E-state index in [-0.39, 0.29) is 18.3 Å². The first kappa shape index (κ1) is 19.5. The molecule has 1 amide bonds. The Morgan fingerprint density at radius 1 is 1.28 bits per heavy atom. The third kappa shape index (κ3) is 7.47. The van der Waals surface area contributed by atoms with Gasteiger partial charge in [0.05, 0.1) is 6.04 Å². The predicted molar refractivity (Wildman–Crippen MR) is 72.5 cm³/mol.